The summed E-state index contributed by atoms with van der Waals surface area (Å²) in [5, 5.41) is 2.97. The molecule has 0 spiro atoms. The summed E-state index contributed by atoms with van der Waals surface area (Å²) in [5.41, 5.74) is 0.430. The highest BCUT2D eigenvalue weighted by Gasteiger charge is 2.31. The molecular weight excluding hydrogens is 403 g/mol. The van der Waals surface area contributed by atoms with Crippen LogP contribution in [0.3, 0.4) is 0 Å². The van der Waals surface area contributed by atoms with Gasteiger partial charge in [-0.3, -0.25) is 4.79 Å². The molecule has 1 fully saturated rings. The minimum absolute atomic E-state index is 0.0388. The molecule has 0 unspecified atom stereocenters. The predicted octanol–water partition coefficient (Wildman–Crippen LogP) is 4.68. The molecule has 8 heteroatoms. The van der Waals surface area contributed by atoms with Crippen LogP contribution >= 0.6 is 11.6 Å². The normalized spacial score (nSPS) is 15.6. The predicted molar refractivity (Wildman–Crippen MR) is 108 cm³/mol. The summed E-state index contributed by atoms with van der Waals surface area (Å²) < 4.78 is 41.6. The van der Waals surface area contributed by atoms with E-state index in [9.17, 15) is 17.6 Å². The third kappa shape index (κ3) is 4.37. The van der Waals surface area contributed by atoms with Crippen LogP contribution in [0, 0.1) is 5.82 Å². The summed E-state index contributed by atoms with van der Waals surface area (Å²) >= 11 is 6.04. The van der Waals surface area contributed by atoms with Crippen LogP contribution in [0.25, 0.3) is 0 Å². The maximum atomic E-state index is 14.4. The lowest BCUT2D eigenvalue weighted by Crippen LogP contribution is -2.38. The van der Waals surface area contributed by atoms with Crippen molar-refractivity contribution in [3.8, 4) is 0 Å². The van der Waals surface area contributed by atoms with Crippen LogP contribution in [0.2, 0.25) is 5.02 Å². The van der Waals surface area contributed by atoms with E-state index in [2.05, 4.69) is 5.32 Å². The van der Waals surface area contributed by atoms with Crippen LogP contribution in [0.5, 0.6) is 0 Å². The smallest absolute Gasteiger partial charge is 0.255 e. The van der Waals surface area contributed by atoms with Gasteiger partial charge in [-0.05, 0) is 43.2 Å². The minimum Gasteiger partial charge on any atom is -0.321 e. The summed E-state index contributed by atoms with van der Waals surface area (Å²) in [4.78, 5) is 12.0. The maximum absolute atomic E-state index is 14.4. The lowest BCUT2D eigenvalue weighted by Gasteiger charge is -2.30. The van der Waals surface area contributed by atoms with Crippen molar-refractivity contribution >= 4 is 33.2 Å². The quantitative estimate of drug-likeness (QED) is 0.757. The maximum Gasteiger partial charge on any atom is 0.255 e. The van der Waals surface area contributed by atoms with E-state index < -0.39 is 26.6 Å². The highest BCUT2D eigenvalue weighted by molar-refractivity contribution is 7.89. The number of halogens is 2. The summed E-state index contributed by atoms with van der Waals surface area (Å²) in [6.07, 6.45) is 4.49. The van der Waals surface area contributed by atoms with Gasteiger partial charge in [-0.25, -0.2) is 12.8 Å². The van der Waals surface area contributed by atoms with Crippen LogP contribution < -0.4 is 5.32 Å². The fourth-order valence-corrected chi connectivity index (χ4v) is 5.08. The molecule has 1 saturated carbocycles. The first-order valence-corrected chi connectivity index (χ1v) is 11.0. The van der Waals surface area contributed by atoms with Crippen LogP contribution in [0.1, 0.15) is 42.5 Å². The van der Waals surface area contributed by atoms with Gasteiger partial charge in [0.05, 0.1) is 10.7 Å². The Balaban J connectivity index is 1.88. The van der Waals surface area contributed by atoms with Crippen molar-refractivity contribution in [2.45, 2.75) is 43.0 Å². The molecule has 2 aromatic rings. The highest BCUT2D eigenvalue weighted by atomic mass is 35.5. The van der Waals surface area contributed by atoms with E-state index in [0.717, 1.165) is 44.2 Å². The summed E-state index contributed by atoms with van der Waals surface area (Å²) in [6, 6.07) is 9.86. The number of nitrogens with zero attached hydrogens (tertiary/aromatic N) is 1. The molecule has 1 amide bonds. The molecule has 1 aliphatic carbocycles. The van der Waals surface area contributed by atoms with Crippen molar-refractivity contribution in [1.29, 1.82) is 0 Å². The zero-order valence-corrected chi connectivity index (χ0v) is 17.1. The van der Waals surface area contributed by atoms with Crippen molar-refractivity contribution in [2.75, 3.05) is 12.4 Å². The van der Waals surface area contributed by atoms with Gasteiger partial charge < -0.3 is 5.32 Å². The third-order valence-electron chi connectivity index (χ3n) is 5.06. The topological polar surface area (TPSA) is 66.5 Å². The molecule has 3 rings (SSSR count). The SMILES string of the molecule is CN(C1CCCCC1)S(=O)(=O)c1cc(C(=O)Nc2ccccc2Cl)ccc1F. The van der Waals surface area contributed by atoms with Crippen molar-refractivity contribution < 1.29 is 17.6 Å². The van der Waals surface area contributed by atoms with E-state index in [4.69, 9.17) is 11.6 Å². The second-order valence-corrected chi connectivity index (χ2v) is 9.27. The number of para-hydroxylation sites is 1. The van der Waals surface area contributed by atoms with E-state index >= 15 is 0 Å². The summed E-state index contributed by atoms with van der Waals surface area (Å²) in [7, 11) is -2.58. The van der Waals surface area contributed by atoms with Crippen molar-refractivity contribution in [1.82, 2.24) is 4.31 Å². The van der Waals surface area contributed by atoms with Gasteiger partial charge in [0.2, 0.25) is 10.0 Å². The Morgan fingerprint density at radius 1 is 1.14 bits per heavy atom. The number of hydrogen-bond acceptors (Lipinski definition) is 3. The van der Waals surface area contributed by atoms with E-state index in [1.54, 1.807) is 24.3 Å². The zero-order chi connectivity index (χ0) is 20.3. The Morgan fingerprint density at radius 3 is 2.50 bits per heavy atom. The molecule has 0 heterocycles. The van der Waals surface area contributed by atoms with Crippen molar-refractivity contribution in [3.63, 3.8) is 0 Å². The molecule has 150 valence electrons. The van der Waals surface area contributed by atoms with Crippen molar-refractivity contribution in [2.24, 2.45) is 0 Å². The molecule has 0 bridgehead atoms. The van der Waals surface area contributed by atoms with Gasteiger partial charge >= 0.3 is 0 Å². The van der Waals surface area contributed by atoms with E-state index in [1.807, 2.05) is 0 Å². The summed E-state index contributed by atoms with van der Waals surface area (Å²) in [6.45, 7) is 0. The van der Waals surface area contributed by atoms with Crippen LogP contribution in [-0.4, -0.2) is 31.7 Å². The fraction of sp³-hybridized carbons (Fsp3) is 0.350. The van der Waals surface area contributed by atoms with Gasteiger partial charge in [-0.2, -0.15) is 4.31 Å². The van der Waals surface area contributed by atoms with Crippen LogP contribution in [-0.2, 0) is 10.0 Å². The number of amides is 1. The molecule has 1 N–H and O–H groups in total. The highest BCUT2D eigenvalue weighted by Crippen LogP contribution is 2.28. The first kappa shape index (κ1) is 20.8. The molecule has 2 aromatic carbocycles. The molecule has 5 nitrogen and oxygen atoms in total. The number of hydrogen-bond donors (Lipinski definition) is 1. The first-order chi connectivity index (χ1) is 13.3. The number of nitrogens with one attached hydrogen (secondary N) is 1. The lowest BCUT2D eigenvalue weighted by atomic mass is 9.96. The number of sulfonamides is 1. The summed E-state index contributed by atoms with van der Waals surface area (Å²) in [5.74, 6) is -1.44. The molecule has 1 aliphatic rings. The number of carbonyl (C=O) groups excluding carboxylic acids is 1. The van der Waals surface area contributed by atoms with E-state index in [0.29, 0.717) is 10.7 Å². The third-order valence-corrected chi connectivity index (χ3v) is 7.32. The number of anilines is 1. The zero-order valence-electron chi connectivity index (χ0n) is 15.5. The largest absolute Gasteiger partial charge is 0.321 e. The second-order valence-electron chi connectivity index (χ2n) is 6.89. The number of benzene rings is 2. The molecule has 0 atom stereocenters. The van der Waals surface area contributed by atoms with Gasteiger partial charge in [0.25, 0.3) is 5.91 Å². The van der Waals surface area contributed by atoms with Gasteiger partial charge in [-0.15, -0.1) is 0 Å². The Bertz CT molecular complexity index is 975. The van der Waals surface area contributed by atoms with Gasteiger partial charge in [0.1, 0.15) is 10.7 Å². The molecule has 0 saturated heterocycles. The van der Waals surface area contributed by atoms with Crippen LogP contribution in [0.4, 0.5) is 10.1 Å². The molecule has 0 radical (unpaired) electrons. The van der Waals surface area contributed by atoms with Gasteiger partial charge in [0, 0.05) is 18.7 Å². The standard InChI is InChI=1S/C20H22ClFN2O3S/c1-24(15-7-3-2-4-8-15)28(26,27)19-13-14(11-12-17(19)22)20(25)23-18-10-6-5-9-16(18)21/h5-6,9-13,15H,2-4,7-8H2,1H3,(H,23,25). The molecular formula is C20H22ClFN2O3S. The van der Waals surface area contributed by atoms with Crippen LogP contribution in [0.15, 0.2) is 47.4 Å². The molecule has 0 aliphatic heterocycles. The first-order valence-electron chi connectivity index (χ1n) is 9.14. The molecule has 0 aromatic heterocycles. The van der Waals surface area contributed by atoms with Crippen molar-refractivity contribution in [3.05, 3.63) is 58.9 Å². The Labute approximate surface area is 169 Å². The monoisotopic (exact) mass is 424 g/mol. The number of carbonyl (C=O) groups is 1. The lowest BCUT2D eigenvalue weighted by molar-refractivity contribution is 0.102. The average molecular weight is 425 g/mol. The fourth-order valence-electron chi connectivity index (χ4n) is 3.40. The van der Waals surface area contributed by atoms with Gasteiger partial charge in [-0.1, -0.05) is 43.0 Å². The molecule has 28 heavy (non-hydrogen) atoms. The number of rotatable bonds is 5. The Hall–Kier alpha value is -1.96. The Morgan fingerprint density at radius 2 is 1.82 bits per heavy atom. The van der Waals surface area contributed by atoms with Gasteiger partial charge in [0.15, 0.2) is 0 Å². The second kappa shape index (κ2) is 8.59. The van der Waals surface area contributed by atoms with E-state index in [1.165, 1.54) is 17.4 Å². The average Bonchev–Trinajstić information content (AvgIpc) is 2.70. The Kier molecular flexibility index (Phi) is 6.37. The minimum atomic E-state index is -4.05. The van der Waals surface area contributed by atoms with E-state index in [-0.39, 0.29) is 11.6 Å².